The van der Waals surface area contributed by atoms with Crippen LogP contribution in [0.15, 0.2) is 30.7 Å². The molecule has 0 aliphatic carbocycles. The Bertz CT molecular complexity index is 587. The number of halogens is 1. The molecule has 2 aromatic heterocycles. The highest BCUT2D eigenvalue weighted by atomic mass is 35.5. The van der Waals surface area contributed by atoms with Crippen LogP contribution in [0, 0.1) is 5.92 Å². The van der Waals surface area contributed by atoms with Gasteiger partial charge >= 0.3 is 0 Å². The van der Waals surface area contributed by atoms with E-state index in [1.54, 1.807) is 35.0 Å². The van der Waals surface area contributed by atoms with Gasteiger partial charge in [0, 0.05) is 17.9 Å². The fourth-order valence-corrected chi connectivity index (χ4v) is 2.47. The molecule has 2 aromatic rings. The Hall–Kier alpha value is -1.53. The molecule has 0 bridgehead atoms. The first-order chi connectivity index (χ1) is 9.61. The minimum absolute atomic E-state index is 0.0630. The van der Waals surface area contributed by atoms with E-state index in [2.05, 4.69) is 15.4 Å². The van der Waals surface area contributed by atoms with Crippen LogP contribution in [0.3, 0.4) is 0 Å². The summed E-state index contributed by atoms with van der Waals surface area (Å²) in [6.45, 7) is 1.88. The van der Waals surface area contributed by atoms with E-state index in [-0.39, 0.29) is 17.0 Å². The number of amides is 1. The van der Waals surface area contributed by atoms with Crippen molar-refractivity contribution < 1.29 is 4.79 Å². The Kier molecular flexibility index (Phi) is 5.03. The number of hydrogen-bond acceptors (Lipinski definition) is 4. The van der Waals surface area contributed by atoms with Gasteiger partial charge in [0.1, 0.15) is 0 Å². The van der Waals surface area contributed by atoms with Crippen molar-refractivity contribution in [1.82, 2.24) is 14.8 Å². The number of nitrogens with zero attached hydrogens (tertiary/aromatic N) is 3. The molecule has 0 aliphatic heterocycles. The van der Waals surface area contributed by atoms with Crippen LogP contribution in [0.25, 0.3) is 5.69 Å². The number of carbonyl (C=O) groups excluding carboxylic acids is 1. The number of pyridine rings is 1. The van der Waals surface area contributed by atoms with Crippen molar-refractivity contribution in [1.29, 1.82) is 0 Å². The molecule has 0 aliphatic rings. The topological polar surface area (TPSA) is 59.8 Å². The molecule has 106 valence electrons. The van der Waals surface area contributed by atoms with Crippen LogP contribution in [0.1, 0.15) is 6.92 Å². The lowest BCUT2D eigenvalue weighted by Gasteiger charge is -2.09. The second kappa shape index (κ2) is 6.76. The minimum atomic E-state index is -0.0807. The Morgan fingerprint density at radius 3 is 3.05 bits per heavy atom. The summed E-state index contributed by atoms with van der Waals surface area (Å²) in [5.41, 5.74) is 1.29. The Morgan fingerprint density at radius 2 is 2.40 bits per heavy atom. The quantitative estimate of drug-likeness (QED) is 0.922. The third-order valence-corrected chi connectivity index (χ3v) is 3.81. The van der Waals surface area contributed by atoms with Gasteiger partial charge in [-0.3, -0.25) is 9.78 Å². The van der Waals surface area contributed by atoms with E-state index in [0.717, 1.165) is 11.4 Å². The standard InChI is InChI=1S/C13H15ClN4OS/c1-9(8-20-2)13(19)16-11-7-18(17-12(11)14)10-4-3-5-15-6-10/h3-7,9H,8H2,1-2H3,(H,16,19). The zero-order valence-corrected chi connectivity index (χ0v) is 12.8. The van der Waals surface area contributed by atoms with Gasteiger partial charge in [-0.25, -0.2) is 4.68 Å². The molecule has 1 N–H and O–H groups in total. The maximum absolute atomic E-state index is 12.0. The summed E-state index contributed by atoms with van der Waals surface area (Å²) in [4.78, 5) is 16.0. The van der Waals surface area contributed by atoms with Crippen molar-refractivity contribution in [2.45, 2.75) is 6.92 Å². The van der Waals surface area contributed by atoms with Crippen LogP contribution in [-0.4, -0.2) is 32.7 Å². The summed E-state index contributed by atoms with van der Waals surface area (Å²) in [6, 6.07) is 3.67. The summed E-state index contributed by atoms with van der Waals surface area (Å²) in [5.74, 6) is 0.620. The van der Waals surface area contributed by atoms with Gasteiger partial charge in [-0.2, -0.15) is 16.9 Å². The normalized spacial score (nSPS) is 12.2. The second-order valence-corrected chi connectivity index (χ2v) is 5.60. The average Bonchev–Trinajstić information content (AvgIpc) is 2.81. The average molecular weight is 311 g/mol. The van der Waals surface area contributed by atoms with Crippen molar-refractivity contribution >= 4 is 35.0 Å². The minimum Gasteiger partial charge on any atom is -0.322 e. The first kappa shape index (κ1) is 14.9. The van der Waals surface area contributed by atoms with E-state index in [1.807, 2.05) is 25.3 Å². The smallest absolute Gasteiger partial charge is 0.228 e. The molecule has 1 amide bonds. The molecular weight excluding hydrogens is 296 g/mol. The predicted octanol–water partition coefficient (Wildman–Crippen LogP) is 2.86. The van der Waals surface area contributed by atoms with Crippen LogP contribution >= 0.6 is 23.4 Å². The van der Waals surface area contributed by atoms with Gasteiger partial charge in [-0.15, -0.1) is 0 Å². The Balaban J connectivity index is 2.14. The molecule has 0 saturated carbocycles. The molecule has 1 atom stereocenters. The van der Waals surface area contributed by atoms with Crippen LogP contribution in [-0.2, 0) is 4.79 Å². The van der Waals surface area contributed by atoms with Crippen LogP contribution in [0.4, 0.5) is 5.69 Å². The van der Waals surface area contributed by atoms with Gasteiger partial charge in [0.2, 0.25) is 5.91 Å². The van der Waals surface area contributed by atoms with E-state index < -0.39 is 0 Å². The van der Waals surface area contributed by atoms with Crippen molar-refractivity contribution in [2.75, 3.05) is 17.3 Å². The molecular formula is C13H15ClN4OS. The zero-order valence-electron chi connectivity index (χ0n) is 11.2. The highest BCUT2D eigenvalue weighted by Crippen LogP contribution is 2.22. The number of hydrogen-bond donors (Lipinski definition) is 1. The molecule has 0 fully saturated rings. The zero-order chi connectivity index (χ0) is 14.5. The molecule has 1 unspecified atom stereocenters. The monoisotopic (exact) mass is 310 g/mol. The van der Waals surface area contributed by atoms with Crippen molar-refractivity contribution in [3.8, 4) is 5.69 Å². The summed E-state index contributed by atoms with van der Waals surface area (Å²) < 4.78 is 1.59. The number of aromatic nitrogens is 3. The van der Waals surface area contributed by atoms with Crippen LogP contribution in [0.5, 0.6) is 0 Å². The number of rotatable bonds is 5. The molecule has 0 radical (unpaired) electrons. The van der Waals surface area contributed by atoms with E-state index >= 15 is 0 Å². The third-order valence-electron chi connectivity index (χ3n) is 2.70. The van der Waals surface area contributed by atoms with Gasteiger partial charge in [0.25, 0.3) is 0 Å². The number of anilines is 1. The van der Waals surface area contributed by atoms with E-state index in [4.69, 9.17) is 11.6 Å². The highest BCUT2D eigenvalue weighted by molar-refractivity contribution is 7.98. The first-order valence-electron chi connectivity index (χ1n) is 6.07. The molecule has 0 aromatic carbocycles. The van der Waals surface area contributed by atoms with Crippen molar-refractivity contribution in [3.63, 3.8) is 0 Å². The molecule has 7 heteroatoms. The van der Waals surface area contributed by atoms with E-state index in [1.165, 1.54) is 0 Å². The summed E-state index contributed by atoms with van der Waals surface area (Å²) in [5, 5.41) is 7.22. The molecule has 2 rings (SSSR count). The largest absolute Gasteiger partial charge is 0.322 e. The lowest BCUT2D eigenvalue weighted by molar-refractivity contribution is -0.118. The van der Waals surface area contributed by atoms with Crippen LogP contribution in [0.2, 0.25) is 5.15 Å². The summed E-state index contributed by atoms with van der Waals surface area (Å²) >= 11 is 7.68. The van der Waals surface area contributed by atoms with Crippen molar-refractivity contribution in [2.24, 2.45) is 5.92 Å². The molecule has 5 nitrogen and oxygen atoms in total. The van der Waals surface area contributed by atoms with Gasteiger partial charge in [-0.05, 0) is 18.4 Å². The van der Waals surface area contributed by atoms with E-state index in [9.17, 15) is 4.79 Å². The molecule has 0 saturated heterocycles. The molecule has 20 heavy (non-hydrogen) atoms. The Morgan fingerprint density at radius 1 is 1.60 bits per heavy atom. The molecule has 2 heterocycles. The van der Waals surface area contributed by atoms with Gasteiger partial charge in [-0.1, -0.05) is 18.5 Å². The van der Waals surface area contributed by atoms with Crippen LogP contribution < -0.4 is 5.32 Å². The predicted molar refractivity (Wildman–Crippen MR) is 82.5 cm³/mol. The first-order valence-corrected chi connectivity index (χ1v) is 7.84. The maximum Gasteiger partial charge on any atom is 0.228 e. The summed E-state index contributed by atoms with van der Waals surface area (Å²) in [7, 11) is 0. The molecule has 0 spiro atoms. The Labute approximate surface area is 126 Å². The number of nitrogens with one attached hydrogen (secondary N) is 1. The fourth-order valence-electron chi connectivity index (χ4n) is 1.64. The maximum atomic E-state index is 12.0. The van der Waals surface area contributed by atoms with Gasteiger partial charge in [0.05, 0.1) is 23.8 Å². The second-order valence-electron chi connectivity index (χ2n) is 4.34. The third kappa shape index (κ3) is 3.52. The van der Waals surface area contributed by atoms with Crippen molar-refractivity contribution in [3.05, 3.63) is 35.9 Å². The number of carbonyl (C=O) groups is 1. The van der Waals surface area contributed by atoms with Gasteiger partial charge < -0.3 is 5.32 Å². The fraction of sp³-hybridized carbons (Fsp3) is 0.308. The lowest BCUT2D eigenvalue weighted by Crippen LogP contribution is -2.21. The SMILES string of the molecule is CSCC(C)C(=O)Nc1cn(-c2cccnc2)nc1Cl. The van der Waals surface area contributed by atoms with E-state index in [0.29, 0.717) is 5.69 Å². The number of thioether (sulfide) groups is 1. The van der Waals surface area contributed by atoms with Gasteiger partial charge in [0.15, 0.2) is 5.15 Å². The highest BCUT2D eigenvalue weighted by Gasteiger charge is 2.16. The summed E-state index contributed by atoms with van der Waals surface area (Å²) in [6.07, 6.45) is 7.01. The lowest BCUT2D eigenvalue weighted by atomic mass is 10.2.